The monoisotopic (exact) mass is 313 g/mol. The van der Waals surface area contributed by atoms with E-state index in [9.17, 15) is 17.6 Å². The normalized spacial score (nSPS) is 10.6. The first-order chi connectivity index (χ1) is 9.86. The lowest BCUT2D eigenvalue weighted by molar-refractivity contribution is -0.118. The lowest BCUT2D eigenvalue weighted by Gasteiger charge is -2.09. The molecule has 0 aliphatic carbocycles. The molecule has 4 N–H and O–H groups in total. The first kappa shape index (κ1) is 17.1. The fourth-order valence-corrected chi connectivity index (χ4v) is 2.66. The third kappa shape index (κ3) is 5.51. The van der Waals surface area contributed by atoms with Crippen LogP contribution in [0.2, 0.25) is 0 Å². The number of amides is 1. The van der Waals surface area contributed by atoms with Crippen LogP contribution in [0.5, 0.6) is 0 Å². The van der Waals surface area contributed by atoms with Gasteiger partial charge in [-0.2, -0.15) is 0 Å². The maximum atomic E-state index is 13.2. The zero-order chi connectivity index (χ0) is 15.9. The summed E-state index contributed by atoms with van der Waals surface area (Å²) in [4.78, 5) is 10.6. The number of halogens is 1. The Balaban J connectivity index is 2.94. The molecular weight excluding hydrogens is 297 g/mol. The minimum atomic E-state index is -3.85. The molecule has 8 heteroatoms. The van der Waals surface area contributed by atoms with Crippen LogP contribution in [0.4, 0.5) is 4.39 Å². The zero-order valence-corrected chi connectivity index (χ0v) is 12.3. The number of carbonyl (C=O) groups is 1. The van der Waals surface area contributed by atoms with Crippen LogP contribution in [0.15, 0.2) is 23.1 Å². The van der Waals surface area contributed by atoms with Crippen LogP contribution in [-0.4, -0.2) is 34.0 Å². The molecule has 1 aromatic carbocycles. The number of sulfonamides is 1. The molecule has 0 radical (unpaired) electrons. The number of nitrogens with two attached hydrogens (primary N) is 1. The molecule has 0 aliphatic rings. The van der Waals surface area contributed by atoms with Crippen molar-refractivity contribution in [3.63, 3.8) is 0 Å². The van der Waals surface area contributed by atoms with Crippen molar-refractivity contribution in [3.8, 4) is 11.8 Å². The quantitative estimate of drug-likeness (QED) is 0.506. The maximum Gasteiger partial charge on any atom is 0.241 e. The Morgan fingerprint density at radius 2 is 2.10 bits per heavy atom. The van der Waals surface area contributed by atoms with E-state index in [1.807, 2.05) is 0 Å². The van der Waals surface area contributed by atoms with Crippen molar-refractivity contribution in [2.45, 2.75) is 11.8 Å². The first-order valence-electron chi connectivity index (χ1n) is 6.09. The summed E-state index contributed by atoms with van der Waals surface area (Å²) in [5.74, 6) is 4.16. The number of nitrogens with one attached hydrogen (secondary N) is 2. The summed E-state index contributed by atoms with van der Waals surface area (Å²) in [7, 11) is -3.85. The van der Waals surface area contributed by atoms with E-state index < -0.39 is 15.8 Å². The highest BCUT2D eigenvalue weighted by Crippen LogP contribution is 2.16. The Bertz CT molecular complexity index is 678. The number of hydrogen-bond acceptors (Lipinski definition) is 4. The van der Waals surface area contributed by atoms with Gasteiger partial charge < -0.3 is 11.1 Å². The topological polar surface area (TPSA) is 101 Å². The van der Waals surface area contributed by atoms with Gasteiger partial charge in [-0.1, -0.05) is 11.8 Å². The third-order valence-electron chi connectivity index (χ3n) is 2.35. The van der Waals surface area contributed by atoms with E-state index >= 15 is 0 Å². The van der Waals surface area contributed by atoms with Crippen molar-refractivity contribution >= 4 is 15.9 Å². The van der Waals surface area contributed by atoms with E-state index in [1.165, 1.54) is 6.92 Å². The van der Waals surface area contributed by atoms with Crippen molar-refractivity contribution in [1.82, 2.24) is 10.0 Å². The summed E-state index contributed by atoms with van der Waals surface area (Å²) in [6.45, 7) is 1.53. The molecule has 0 saturated heterocycles. The fourth-order valence-electron chi connectivity index (χ4n) is 1.48. The van der Waals surface area contributed by atoms with E-state index in [4.69, 9.17) is 5.73 Å². The Hall–Kier alpha value is -1.95. The Kier molecular flexibility index (Phi) is 6.30. The SMILES string of the molecule is CC(=O)NCCNS(=O)(=O)c1ccc(F)cc1C#CCN. The molecule has 0 aliphatic heterocycles. The minimum Gasteiger partial charge on any atom is -0.355 e. The molecule has 0 fully saturated rings. The molecule has 0 unspecified atom stereocenters. The molecule has 1 amide bonds. The van der Waals surface area contributed by atoms with Crippen LogP contribution in [0.25, 0.3) is 0 Å². The van der Waals surface area contributed by atoms with Gasteiger partial charge in [0.2, 0.25) is 15.9 Å². The van der Waals surface area contributed by atoms with Gasteiger partial charge >= 0.3 is 0 Å². The second kappa shape index (κ2) is 7.73. The number of rotatable bonds is 5. The zero-order valence-electron chi connectivity index (χ0n) is 11.4. The van der Waals surface area contributed by atoms with Crippen molar-refractivity contribution in [2.75, 3.05) is 19.6 Å². The molecule has 0 aromatic heterocycles. The standard InChI is InChI=1S/C13H16FN3O3S/c1-10(18)16-7-8-17-21(19,20)13-5-4-12(14)9-11(13)3-2-6-15/h4-5,9,17H,6-8,15H2,1H3,(H,16,18). The summed E-state index contributed by atoms with van der Waals surface area (Å²) < 4.78 is 39.8. The second-order valence-electron chi connectivity index (χ2n) is 4.03. The Morgan fingerprint density at radius 1 is 1.38 bits per heavy atom. The summed E-state index contributed by atoms with van der Waals surface area (Å²) in [6.07, 6.45) is 0. The van der Waals surface area contributed by atoms with Crippen molar-refractivity contribution in [1.29, 1.82) is 0 Å². The van der Waals surface area contributed by atoms with Crippen LogP contribution in [0.3, 0.4) is 0 Å². The molecule has 0 atom stereocenters. The largest absolute Gasteiger partial charge is 0.355 e. The third-order valence-corrected chi connectivity index (χ3v) is 3.87. The summed E-state index contributed by atoms with van der Waals surface area (Å²) in [5, 5.41) is 2.46. The predicted molar refractivity (Wildman–Crippen MR) is 76.2 cm³/mol. The van der Waals surface area contributed by atoms with E-state index in [0.29, 0.717) is 0 Å². The molecule has 1 rings (SSSR count). The minimum absolute atomic E-state index is 0.0169. The lowest BCUT2D eigenvalue weighted by atomic mass is 10.2. The van der Waals surface area contributed by atoms with Crippen LogP contribution in [-0.2, 0) is 14.8 Å². The van der Waals surface area contributed by atoms with Gasteiger partial charge in [0.25, 0.3) is 0 Å². The predicted octanol–water partition coefficient (Wildman–Crippen LogP) is -0.450. The highest BCUT2D eigenvalue weighted by molar-refractivity contribution is 7.89. The Morgan fingerprint density at radius 3 is 2.71 bits per heavy atom. The van der Waals surface area contributed by atoms with Crippen LogP contribution in [0.1, 0.15) is 12.5 Å². The summed E-state index contributed by atoms with van der Waals surface area (Å²) in [5.41, 5.74) is 5.26. The van der Waals surface area contributed by atoms with E-state index in [2.05, 4.69) is 21.9 Å². The molecule has 21 heavy (non-hydrogen) atoms. The van der Waals surface area contributed by atoms with Gasteiger partial charge in [-0.15, -0.1) is 0 Å². The Labute approximate surface area is 123 Å². The van der Waals surface area contributed by atoms with Crippen LogP contribution in [0, 0.1) is 17.7 Å². The molecule has 6 nitrogen and oxygen atoms in total. The van der Waals surface area contributed by atoms with Gasteiger partial charge in [0.1, 0.15) is 5.82 Å². The smallest absolute Gasteiger partial charge is 0.241 e. The average Bonchev–Trinajstić information content (AvgIpc) is 2.41. The molecule has 114 valence electrons. The maximum absolute atomic E-state index is 13.2. The van der Waals surface area contributed by atoms with Gasteiger partial charge in [-0.3, -0.25) is 4.79 Å². The first-order valence-corrected chi connectivity index (χ1v) is 7.57. The highest BCUT2D eigenvalue weighted by Gasteiger charge is 2.17. The van der Waals surface area contributed by atoms with Crippen LogP contribution >= 0.6 is 0 Å². The van der Waals surface area contributed by atoms with Crippen molar-refractivity contribution in [3.05, 3.63) is 29.6 Å². The molecule has 0 bridgehead atoms. The lowest BCUT2D eigenvalue weighted by Crippen LogP contribution is -2.34. The van der Waals surface area contributed by atoms with Gasteiger partial charge in [-0.25, -0.2) is 17.5 Å². The average molecular weight is 313 g/mol. The van der Waals surface area contributed by atoms with E-state index in [0.717, 1.165) is 18.2 Å². The van der Waals surface area contributed by atoms with E-state index in [-0.39, 0.29) is 36.0 Å². The molecule has 0 heterocycles. The van der Waals surface area contributed by atoms with Crippen molar-refractivity contribution < 1.29 is 17.6 Å². The molecule has 0 spiro atoms. The van der Waals surface area contributed by atoms with E-state index in [1.54, 1.807) is 0 Å². The number of carbonyl (C=O) groups excluding carboxylic acids is 1. The van der Waals surface area contributed by atoms with Crippen molar-refractivity contribution in [2.24, 2.45) is 5.73 Å². The van der Waals surface area contributed by atoms with Gasteiger partial charge in [-0.05, 0) is 18.2 Å². The summed E-state index contributed by atoms with van der Waals surface area (Å²) >= 11 is 0. The number of hydrogen-bond donors (Lipinski definition) is 3. The van der Waals surface area contributed by atoms with Crippen LogP contribution < -0.4 is 15.8 Å². The highest BCUT2D eigenvalue weighted by atomic mass is 32.2. The molecule has 0 saturated carbocycles. The number of benzene rings is 1. The molecule has 1 aromatic rings. The summed E-state index contributed by atoms with van der Waals surface area (Å²) in [6, 6.07) is 3.21. The van der Waals surface area contributed by atoms with Gasteiger partial charge in [0.15, 0.2) is 0 Å². The van der Waals surface area contributed by atoms with Gasteiger partial charge in [0, 0.05) is 25.6 Å². The second-order valence-corrected chi connectivity index (χ2v) is 5.76. The molecular formula is C13H16FN3O3S. The fraction of sp³-hybridized carbons (Fsp3) is 0.308. The van der Waals surface area contributed by atoms with Gasteiger partial charge in [0.05, 0.1) is 11.4 Å².